The van der Waals surface area contributed by atoms with Crippen LogP contribution in [0, 0.1) is 0 Å². The highest BCUT2D eigenvalue weighted by molar-refractivity contribution is 5.91. The van der Waals surface area contributed by atoms with Crippen molar-refractivity contribution in [1.29, 1.82) is 0 Å². The molecule has 0 saturated heterocycles. The van der Waals surface area contributed by atoms with E-state index in [0.717, 1.165) is 22.2 Å². The molecule has 2 aromatic carbocycles. The summed E-state index contributed by atoms with van der Waals surface area (Å²) >= 11 is 0. The van der Waals surface area contributed by atoms with E-state index in [9.17, 15) is 0 Å². The number of H-pyrrole nitrogens is 2. The van der Waals surface area contributed by atoms with Gasteiger partial charge >= 0.3 is 0 Å². The number of nitrogens with one attached hydrogen (secondary N) is 2. The van der Waals surface area contributed by atoms with Gasteiger partial charge in [-0.25, -0.2) is 0 Å². The van der Waals surface area contributed by atoms with Gasteiger partial charge in [-0.2, -0.15) is 10.2 Å². The zero-order valence-electron chi connectivity index (χ0n) is 11.8. The topological polar surface area (TPSA) is 56.3 Å². The fraction of sp³-hybridized carbons (Fsp3) is 0. The van der Waals surface area contributed by atoms with Gasteiger partial charge in [0.2, 0.25) is 0 Å². The molecular formula is C18H14N4. The lowest BCUT2D eigenvalue weighted by Crippen LogP contribution is -1.82. The minimum absolute atomic E-state index is 1.03. The van der Waals surface area contributed by atoms with E-state index in [2.05, 4.69) is 32.3 Å². The van der Waals surface area contributed by atoms with Crippen LogP contribution in [0.1, 0.15) is 11.1 Å². The average Bonchev–Trinajstić information content (AvgIpc) is 3.19. The molecule has 0 spiro atoms. The summed E-state index contributed by atoms with van der Waals surface area (Å²) in [5.74, 6) is 0. The number of hydrogen-bond acceptors (Lipinski definition) is 2. The third-order valence-corrected chi connectivity index (χ3v) is 3.63. The fourth-order valence-corrected chi connectivity index (χ4v) is 2.50. The number of nitrogens with zero attached hydrogens (tertiary/aromatic N) is 2. The second kappa shape index (κ2) is 5.33. The van der Waals surface area contributed by atoms with Gasteiger partial charge in [-0.05, 0) is 58.3 Å². The van der Waals surface area contributed by atoms with Crippen molar-refractivity contribution in [3.63, 3.8) is 0 Å². The van der Waals surface area contributed by atoms with Crippen molar-refractivity contribution < 1.29 is 0 Å². The molecule has 2 aromatic heterocycles. The molecule has 0 bridgehead atoms. The number of hydrogen-bond donors (Lipinski definition) is 2. The molecule has 2 heterocycles. The first-order valence-electron chi connectivity index (χ1n) is 7.09. The van der Waals surface area contributed by atoms with E-state index in [1.807, 2.05) is 48.8 Å². The molecule has 0 unspecified atom stereocenters. The van der Waals surface area contributed by atoms with Crippen molar-refractivity contribution in [1.82, 2.24) is 9.97 Å². The average molecular weight is 286 g/mol. The van der Waals surface area contributed by atoms with E-state index in [0.29, 0.717) is 0 Å². The van der Waals surface area contributed by atoms with Crippen LogP contribution in [0.4, 0.5) is 0 Å². The number of fused-ring (bicyclic) bond motifs is 2. The van der Waals surface area contributed by atoms with Crippen molar-refractivity contribution in [2.75, 3.05) is 0 Å². The fourth-order valence-electron chi connectivity index (χ4n) is 2.50. The third kappa shape index (κ3) is 2.42. The van der Waals surface area contributed by atoms with Gasteiger partial charge in [0.25, 0.3) is 0 Å². The number of benzene rings is 2. The molecule has 4 aromatic rings. The van der Waals surface area contributed by atoms with Gasteiger partial charge < -0.3 is 9.97 Å². The molecule has 4 nitrogen and oxygen atoms in total. The molecule has 0 aliphatic rings. The lowest BCUT2D eigenvalue weighted by molar-refractivity contribution is 1.27. The predicted octanol–water partition coefficient (Wildman–Crippen LogP) is 4.10. The molecule has 0 saturated carbocycles. The van der Waals surface area contributed by atoms with Gasteiger partial charge in [-0.15, -0.1) is 0 Å². The molecule has 2 N–H and O–H groups in total. The Bertz CT molecular complexity index is 906. The first-order chi connectivity index (χ1) is 10.9. The summed E-state index contributed by atoms with van der Waals surface area (Å²) in [5, 5.41) is 10.6. The smallest absolute Gasteiger partial charge is 0.0568 e. The number of aromatic amines is 2. The second-order valence-corrected chi connectivity index (χ2v) is 5.14. The number of rotatable bonds is 3. The molecule has 0 radical (unpaired) electrons. The first kappa shape index (κ1) is 12.6. The van der Waals surface area contributed by atoms with Crippen LogP contribution in [0.15, 0.2) is 71.1 Å². The molecule has 0 fully saturated rings. The second-order valence-electron chi connectivity index (χ2n) is 5.14. The van der Waals surface area contributed by atoms with Crippen LogP contribution in [0.25, 0.3) is 21.8 Å². The van der Waals surface area contributed by atoms with Crippen LogP contribution in [0.3, 0.4) is 0 Å². The van der Waals surface area contributed by atoms with Gasteiger partial charge in [-0.1, -0.05) is 12.1 Å². The first-order valence-corrected chi connectivity index (χ1v) is 7.09. The maximum absolute atomic E-state index is 4.12. The highest BCUT2D eigenvalue weighted by atomic mass is 15.2. The van der Waals surface area contributed by atoms with E-state index >= 15 is 0 Å². The Morgan fingerprint density at radius 1 is 0.636 bits per heavy atom. The molecule has 106 valence electrons. The predicted molar refractivity (Wildman–Crippen MR) is 91.8 cm³/mol. The van der Waals surface area contributed by atoms with Crippen LogP contribution < -0.4 is 0 Å². The SMILES string of the molecule is C(=N/N=C/c1ccc2[nH]ccc2c1)c1ccc2[nH]ccc2c1. The Morgan fingerprint density at radius 3 is 1.64 bits per heavy atom. The molecule has 0 aliphatic carbocycles. The van der Waals surface area contributed by atoms with Crippen molar-refractivity contribution >= 4 is 34.2 Å². The molecule has 0 atom stereocenters. The summed E-state index contributed by atoms with van der Waals surface area (Å²) in [6, 6.07) is 16.4. The van der Waals surface area contributed by atoms with E-state index in [1.54, 1.807) is 12.4 Å². The Labute approximate surface area is 127 Å². The Hall–Kier alpha value is -3.14. The molecular weight excluding hydrogens is 272 g/mol. The quantitative estimate of drug-likeness (QED) is 0.421. The van der Waals surface area contributed by atoms with Crippen LogP contribution >= 0.6 is 0 Å². The van der Waals surface area contributed by atoms with Gasteiger partial charge in [-0.3, -0.25) is 0 Å². The number of aromatic nitrogens is 2. The highest BCUT2D eigenvalue weighted by Crippen LogP contribution is 2.14. The molecule has 0 amide bonds. The van der Waals surface area contributed by atoms with E-state index in [1.165, 1.54) is 10.8 Å². The van der Waals surface area contributed by atoms with Crippen molar-refractivity contribution in [3.8, 4) is 0 Å². The highest BCUT2D eigenvalue weighted by Gasteiger charge is 1.95. The molecule has 22 heavy (non-hydrogen) atoms. The van der Waals surface area contributed by atoms with Crippen LogP contribution in [0.5, 0.6) is 0 Å². The minimum atomic E-state index is 1.03. The van der Waals surface area contributed by atoms with Gasteiger partial charge in [0.1, 0.15) is 0 Å². The standard InChI is InChI=1S/C18H14N4/c1-3-17-15(5-7-19-17)9-13(1)11-21-22-12-14-2-4-18-16(10-14)6-8-20-18/h1-12,19-20H/b21-11+,22-12?. The molecule has 4 rings (SSSR count). The lowest BCUT2D eigenvalue weighted by atomic mass is 10.2. The van der Waals surface area contributed by atoms with E-state index in [4.69, 9.17) is 0 Å². The minimum Gasteiger partial charge on any atom is -0.361 e. The Balaban J connectivity index is 1.52. The summed E-state index contributed by atoms with van der Waals surface area (Å²) < 4.78 is 0. The van der Waals surface area contributed by atoms with Gasteiger partial charge in [0.15, 0.2) is 0 Å². The van der Waals surface area contributed by atoms with Gasteiger partial charge in [0.05, 0.1) is 12.4 Å². The summed E-state index contributed by atoms with van der Waals surface area (Å²) in [4.78, 5) is 6.34. The summed E-state index contributed by atoms with van der Waals surface area (Å²) in [6.45, 7) is 0. The van der Waals surface area contributed by atoms with E-state index in [-0.39, 0.29) is 0 Å². The van der Waals surface area contributed by atoms with E-state index < -0.39 is 0 Å². The maximum Gasteiger partial charge on any atom is 0.0568 e. The maximum atomic E-state index is 4.12. The normalized spacial score (nSPS) is 12.2. The van der Waals surface area contributed by atoms with Gasteiger partial charge in [0, 0.05) is 23.4 Å². The monoisotopic (exact) mass is 286 g/mol. The molecule has 4 heteroatoms. The summed E-state index contributed by atoms with van der Waals surface area (Å²) in [6.07, 6.45) is 7.39. The summed E-state index contributed by atoms with van der Waals surface area (Å²) in [7, 11) is 0. The van der Waals surface area contributed by atoms with Crippen LogP contribution in [-0.4, -0.2) is 22.4 Å². The Morgan fingerprint density at radius 2 is 1.14 bits per heavy atom. The Kier molecular flexibility index (Phi) is 3.05. The summed E-state index contributed by atoms with van der Waals surface area (Å²) in [5.41, 5.74) is 4.32. The largest absolute Gasteiger partial charge is 0.361 e. The molecule has 0 aliphatic heterocycles. The zero-order valence-corrected chi connectivity index (χ0v) is 11.8. The van der Waals surface area contributed by atoms with Crippen LogP contribution in [0.2, 0.25) is 0 Å². The lowest BCUT2D eigenvalue weighted by Gasteiger charge is -1.93. The van der Waals surface area contributed by atoms with Crippen LogP contribution in [-0.2, 0) is 0 Å². The van der Waals surface area contributed by atoms with Crippen molar-refractivity contribution in [2.24, 2.45) is 10.2 Å². The zero-order chi connectivity index (χ0) is 14.8. The third-order valence-electron chi connectivity index (χ3n) is 3.63. The van der Waals surface area contributed by atoms with Crippen molar-refractivity contribution in [2.45, 2.75) is 0 Å². The van der Waals surface area contributed by atoms with Crippen molar-refractivity contribution in [3.05, 3.63) is 72.1 Å².